The zero-order chi connectivity index (χ0) is 13.4. The van der Waals surface area contributed by atoms with Crippen molar-refractivity contribution in [3.63, 3.8) is 0 Å². The van der Waals surface area contributed by atoms with Gasteiger partial charge in [0.15, 0.2) is 0 Å². The molecule has 0 unspecified atom stereocenters. The largest absolute Gasteiger partial charge is 0.383 e. The highest BCUT2D eigenvalue weighted by Gasteiger charge is 2.26. The average Bonchev–Trinajstić information content (AvgIpc) is 2.74. The molecule has 0 radical (unpaired) electrons. The highest BCUT2D eigenvalue weighted by atomic mass is 15.5. The van der Waals surface area contributed by atoms with E-state index in [4.69, 9.17) is 11.1 Å². The fourth-order valence-electron chi connectivity index (χ4n) is 2.41. The molecule has 1 aliphatic heterocycles. The molecule has 1 aliphatic rings. The minimum absolute atomic E-state index is 0.147. The number of nitrogens with two attached hydrogens (primary N) is 1. The van der Waals surface area contributed by atoms with Crippen molar-refractivity contribution in [2.75, 3.05) is 6.54 Å². The van der Waals surface area contributed by atoms with Crippen molar-refractivity contribution < 1.29 is 0 Å². The van der Waals surface area contributed by atoms with Crippen molar-refractivity contribution in [2.24, 2.45) is 10.8 Å². The molecule has 4 nitrogen and oxygen atoms in total. The van der Waals surface area contributed by atoms with Crippen LogP contribution in [0.5, 0.6) is 0 Å². The van der Waals surface area contributed by atoms with Gasteiger partial charge in [0.25, 0.3) is 0 Å². The Morgan fingerprint density at radius 1 is 1.28 bits per heavy atom. The Balaban J connectivity index is 2.45. The molecule has 0 aromatic carbocycles. The standard InChI is InChI=1S/C14H28N4/c1-3-5-7-9-12-11-13(14(15)16)17-18(12)10-8-6-4-2/h12H,3-11H2,1-2H3,(H3,15,16)/t12-/m1/s1. The lowest BCUT2D eigenvalue weighted by Gasteiger charge is -2.23. The molecule has 0 bridgehead atoms. The highest BCUT2D eigenvalue weighted by molar-refractivity contribution is 6.40. The molecule has 0 saturated carbocycles. The first-order valence-corrected chi connectivity index (χ1v) is 7.37. The van der Waals surface area contributed by atoms with E-state index in [1.165, 1.54) is 44.9 Å². The summed E-state index contributed by atoms with van der Waals surface area (Å²) in [6.07, 6.45) is 9.52. The van der Waals surface area contributed by atoms with Crippen LogP contribution in [0.1, 0.15) is 65.2 Å². The highest BCUT2D eigenvalue weighted by Crippen LogP contribution is 2.21. The molecule has 0 fully saturated rings. The van der Waals surface area contributed by atoms with E-state index < -0.39 is 0 Å². The summed E-state index contributed by atoms with van der Waals surface area (Å²) < 4.78 is 0. The number of nitrogens with zero attached hydrogens (tertiary/aromatic N) is 2. The zero-order valence-corrected chi connectivity index (χ0v) is 11.9. The van der Waals surface area contributed by atoms with Crippen molar-refractivity contribution in [3.05, 3.63) is 0 Å². The first-order chi connectivity index (χ1) is 8.69. The van der Waals surface area contributed by atoms with Gasteiger partial charge in [0.1, 0.15) is 11.5 Å². The van der Waals surface area contributed by atoms with Crippen LogP contribution in [-0.2, 0) is 0 Å². The fraction of sp³-hybridized carbons (Fsp3) is 0.857. The molecule has 1 heterocycles. The van der Waals surface area contributed by atoms with E-state index in [9.17, 15) is 0 Å². The van der Waals surface area contributed by atoms with Crippen LogP contribution < -0.4 is 5.73 Å². The molecule has 3 N–H and O–H groups in total. The lowest BCUT2D eigenvalue weighted by Crippen LogP contribution is -2.28. The van der Waals surface area contributed by atoms with Crippen molar-refractivity contribution in [3.8, 4) is 0 Å². The third-order valence-corrected chi connectivity index (χ3v) is 3.54. The number of hydrogen-bond acceptors (Lipinski definition) is 3. The maximum atomic E-state index is 7.52. The normalized spacial score (nSPS) is 19.1. The van der Waals surface area contributed by atoms with E-state index in [-0.39, 0.29) is 5.84 Å². The molecular weight excluding hydrogens is 224 g/mol. The van der Waals surface area contributed by atoms with Gasteiger partial charge in [-0.25, -0.2) is 0 Å². The lowest BCUT2D eigenvalue weighted by atomic mass is 10.0. The van der Waals surface area contributed by atoms with E-state index in [1.54, 1.807) is 0 Å². The molecule has 0 spiro atoms. The van der Waals surface area contributed by atoms with E-state index in [1.807, 2.05) is 0 Å². The number of amidine groups is 1. The summed E-state index contributed by atoms with van der Waals surface area (Å²) in [7, 11) is 0. The summed E-state index contributed by atoms with van der Waals surface area (Å²) in [5.41, 5.74) is 6.34. The van der Waals surface area contributed by atoms with E-state index in [2.05, 4.69) is 24.0 Å². The maximum absolute atomic E-state index is 7.52. The van der Waals surface area contributed by atoms with Crippen LogP contribution in [0, 0.1) is 5.41 Å². The Hall–Kier alpha value is -1.06. The molecule has 0 amide bonds. The Labute approximate surface area is 111 Å². The van der Waals surface area contributed by atoms with E-state index in [0.29, 0.717) is 6.04 Å². The lowest BCUT2D eigenvalue weighted by molar-refractivity contribution is 0.212. The van der Waals surface area contributed by atoms with Gasteiger partial charge in [-0.3, -0.25) is 10.4 Å². The van der Waals surface area contributed by atoms with Gasteiger partial charge in [-0.15, -0.1) is 0 Å². The van der Waals surface area contributed by atoms with Crippen LogP contribution in [-0.4, -0.2) is 29.1 Å². The van der Waals surface area contributed by atoms with Gasteiger partial charge in [-0.1, -0.05) is 46.0 Å². The quantitative estimate of drug-likeness (QED) is 0.376. The molecule has 0 aromatic heterocycles. The van der Waals surface area contributed by atoms with Crippen LogP contribution in [0.3, 0.4) is 0 Å². The van der Waals surface area contributed by atoms with Crippen LogP contribution in [0.2, 0.25) is 0 Å². The second-order valence-electron chi connectivity index (χ2n) is 5.18. The SMILES string of the molecule is CCCCC[C@@H]1CC(C(=N)N)=NN1CCCCC. The van der Waals surface area contributed by atoms with Gasteiger partial charge >= 0.3 is 0 Å². The average molecular weight is 252 g/mol. The predicted molar refractivity (Wildman–Crippen MR) is 78.1 cm³/mol. The number of hydrogen-bond donors (Lipinski definition) is 2. The van der Waals surface area contributed by atoms with Gasteiger partial charge in [0.05, 0.1) is 6.04 Å². The number of rotatable bonds is 9. The summed E-state index contributed by atoms with van der Waals surface area (Å²) in [4.78, 5) is 0. The van der Waals surface area contributed by atoms with Crippen LogP contribution in [0.4, 0.5) is 0 Å². The summed E-state index contributed by atoms with van der Waals surface area (Å²) >= 11 is 0. The molecule has 0 saturated heterocycles. The number of nitrogens with one attached hydrogen (secondary N) is 1. The van der Waals surface area contributed by atoms with Crippen molar-refractivity contribution >= 4 is 11.5 Å². The molecule has 4 heteroatoms. The summed E-state index contributed by atoms with van der Waals surface area (Å²) in [6, 6.07) is 0.479. The molecule has 1 rings (SSSR count). The van der Waals surface area contributed by atoms with Gasteiger partial charge in [0, 0.05) is 13.0 Å². The minimum atomic E-state index is 0.147. The van der Waals surface area contributed by atoms with Crippen LogP contribution in [0.25, 0.3) is 0 Å². The topological polar surface area (TPSA) is 65.5 Å². The molecule has 104 valence electrons. The second-order valence-corrected chi connectivity index (χ2v) is 5.18. The first-order valence-electron chi connectivity index (χ1n) is 7.37. The molecule has 18 heavy (non-hydrogen) atoms. The van der Waals surface area contributed by atoms with E-state index in [0.717, 1.165) is 18.7 Å². The molecule has 0 aromatic rings. The van der Waals surface area contributed by atoms with E-state index >= 15 is 0 Å². The zero-order valence-electron chi connectivity index (χ0n) is 11.9. The molecular formula is C14H28N4. The Morgan fingerprint density at radius 2 is 1.94 bits per heavy atom. The summed E-state index contributed by atoms with van der Waals surface area (Å²) in [5.74, 6) is 0.147. The van der Waals surface area contributed by atoms with Gasteiger partial charge in [0.2, 0.25) is 0 Å². The van der Waals surface area contributed by atoms with Gasteiger partial charge < -0.3 is 5.73 Å². The second kappa shape index (κ2) is 8.11. The first kappa shape index (κ1) is 15.0. The fourth-order valence-corrected chi connectivity index (χ4v) is 2.41. The monoisotopic (exact) mass is 252 g/mol. The van der Waals surface area contributed by atoms with Gasteiger partial charge in [-0.05, 0) is 12.8 Å². The smallest absolute Gasteiger partial charge is 0.139 e. The molecule has 0 aliphatic carbocycles. The maximum Gasteiger partial charge on any atom is 0.139 e. The minimum Gasteiger partial charge on any atom is -0.383 e. The van der Waals surface area contributed by atoms with Crippen LogP contribution >= 0.6 is 0 Å². The summed E-state index contributed by atoms with van der Waals surface area (Å²) in [6.45, 7) is 5.46. The number of unbranched alkanes of at least 4 members (excludes halogenated alkanes) is 4. The third-order valence-electron chi connectivity index (χ3n) is 3.54. The Bertz CT molecular complexity index is 286. The van der Waals surface area contributed by atoms with Gasteiger partial charge in [-0.2, -0.15) is 5.10 Å². The Morgan fingerprint density at radius 3 is 2.56 bits per heavy atom. The number of hydrazone groups is 1. The Kier molecular flexibility index (Phi) is 6.76. The predicted octanol–water partition coefficient (Wildman–Crippen LogP) is 3.12. The van der Waals surface area contributed by atoms with Crippen LogP contribution in [0.15, 0.2) is 5.10 Å². The third kappa shape index (κ3) is 4.67. The van der Waals surface area contributed by atoms with Crippen molar-refractivity contribution in [1.82, 2.24) is 5.01 Å². The molecule has 1 atom stereocenters. The summed E-state index contributed by atoms with van der Waals surface area (Å²) in [5, 5.41) is 14.2. The van der Waals surface area contributed by atoms with Crippen molar-refractivity contribution in [1.29, 1.82) is 5.41 Å². The van der Waals surface area contributed by atoms with Crippen molar-refractivity contribution in [2.45, 2.75) is 71.3 Å².